The van der Waals surface area contributed by atoms with Crippen LogP contribution in [-0.4, -0.2) is 33.6 Å². The van der Waals surface area contributed by atoms with Crippen LogP contribution in [0.4, 0.5) is 0 Å². The van der Waals surface area contributed by atoms with Crippen LogP contribution in [0.1, 0.15) is 52.0 Å². The molecule has 2 saturated carbocycles. The third-order valence-electron chi connectivity index (χ3n) is 7.41. The molecule has 150 valence electrons. The van der Waals surface area contributed by atoms with E-state index in [2.05, 4.69) is 18.6 Å². The molecule has 2 aliphatic carbocycles. The van der Waals surface area contributed by atoms with Crippen LogP contribution >= 0.6 is 0 Å². The van der Waals surface area contributed by atoms with Gasteiger partial charge in [0.15, 0.2) is 0 Å². The molecule has 0 heterocycles. The number of ether oxygens (including phenoxy) is 1. The van der Waals surface area contributed by atoms with Crippen LogP contribution in [0.25, 0.3) is 0 Å². The van der Waals surface area contributed by atoms with Crippen molar-refractivity contribution in [1.82, 2.24) is 4.72 Å². The van der Waals surface area contributed by atoms with Crippen molar-refractivity contribution in [3.05, 3.63) is 35.9 Å². The van der Waals surface area contributed by atoms with Crippen LogP contribution in [0.5, 0.6) is 0 Å². The van der Waals surface area contributed by atoms with E-state index in [1.807, 2.05) is 37.3 Å². The Morgan fingerprint density at radius 2 is 1.93 bits per heavy atom. The first kappa shape index (κ1) is 20.5. The maximum absolute atomic E-state index is 13.0. The molecule has 27 heavy (non-hydrogen) atoms. The van der Waals surface area contributed by atoms with E-state index in [0.717, 1.165) is 12.0 Å². The Kier molecular flexibility index (Phi) is 5.30. The SMILES string of the molecule is CC[C@](CNS(=O)(=O)C[C@@]12CC[C@H](CC1=O)C2(C)C)(OC)c1ccccc1. The lowest BCUT2D eigenvalue weighted by atomic mass is 9.70. The molecule has 6 heteroatoms. The zero-order valence-corrected chi connectivity index (χ0v) is 17.6. The minimum absolute atomic E-state index is 0.116. The minimum atomic E-state index is -3.63. The lowest BCUT2D eigenvalue weighted by Crippen LogP contribution is -2.48. The lowest BCUT2D eigenvalue weighted by molar-refractivity contribution is -0.128. The Bertz CT molecular complexity index is 799. The van der Waals surface area contributed by atoms with E-state index in [-0.39, 0.29) is 23.5 Å². The lowest BCUT2D eigenvalue weighted by Gasteiger charge is -2.37. The summed E-state index contributed by atoms with van der Waals surface area (Å²) in [6, 6.07) is 9.67. The third kappa shape index (κ3) is 3.26. The number of carbonyl (C=O) groups is 1. The third-order valence-corrected chi connectivity index (χ3v) is 8.87. The van der Waals surface area contributed by atoms with Crippen LogP contribution in [0.3, 0.4) is 0 Å². The van der Waals surface area contributed by atoms with Gasteiger partial charge in [-0.25, -0.2) is 13.1 Å². The predicted molar refractivity (Wildman–Crippen MR) is 106 cm³/mol. The van der Waals surface area contributed by atoms with Crippen molar-refractivity contribution in [2.24, 2.45) is 16.7 Å². The van der Waals surface area contributed by atoms with E-state index in [4.69, 9.17) is 4.74 Å². The number of nitrogens with one attached hydrogen (secondary N) is 1. The zero-order valence-electron chi connectivity index (χ0n) is 16.7. The fraction of sp³-hybridized carbons (Fsp3) is 0.667. The second-order valence-corrected chi connectivity index (χ2v) is 10.5. The monoisotopic (exact) mass is 393 g/mol. The van der Waals surface area contributed by atoms with Gasteiger partial charge in [-0.05, 0) is 36.2 Å². The van der Waals surface area contributed by atoms with Gasteiger partial charge in [0.1, 0.15) is 11.4 Å². The summed E-state index contributed by atoms with van der Waals surface area (Å²) in [5.41, 5.74) is -0.798. The van der Waals surface area contributed by atoms with Gasteiger partial charge in [0.25, 0.3) is 0 Å². The molecule has 0 radical (unpaired) electrons. The van der Waals surface area contributed by atoms with Crippen LogP contribution in [0.15, 0.2) is 30.3 Å². The minimum Gasteiger partial charge on any atom is -0.372 e. The number of ketones is 1. The van der Waals surface area contributed by atoms with Crippen molar-refractivity contribution < 1.29 is 17.9 Å². The Morgan fingerprint density at radius 1 is 1.26 bits per heavy atom. The number of hydrogen-bond acceptors (Lipinski definition) is 4. The first-order valence-corrected chi connectivity index (χ1v) is 11.4. The van der Waals surface area contributed by atoms with Crippen molar-refractivity contribution in [3.63, 3.8) is 0 Å². The number of benzene rings is 1. The van der Waals surface area contributed by atoms with E-state index in [1.165, 1.54) is 0 Å². The number of sulfonamides is 1. The molecule has 0 aliphatic heterocycles. The van der Waals surface area contributed by atoms with Gasteiger partial charge in [-0.2, -0.15) is 0 Å². The summed E-state index contributed by atoms with van der Waals surface area (Å²) in [5, 5.41) is 0. The molecule has 2 aliphatic rings. The summed E-state index contributed by atoms with van der Waals surface area (Å²) in [6.07, 6.45) is 2.76. The van der Waals surface area contributed by atoms with Crippen molar-refractivity contribution in [1.29, 1.82) is 0 Å². The molecule has 0 amide bonds. The summed E-state index contributed by atoms with van der Waals surface area (Å²) in [5.74, 6) is 0.296. The topological polar surface area (TPSA) is 72.5 Å². The van der Waals surface area contributed by atoms with Crippen LogP contribution in [0.2, 0.25) is 0 Å². The number of carbonyl (C=O) groups excluding carboxylic acids is 1. The smallest absolute Gasteiger partial charge is 0.212 e. The number of methoxy groups -OCH3 is 1. The number of hydrogen-bond donors (Lipinski definition) is 1. The van der Waals surface area contributed by atoms with Gasteiger partial charge < -0.3 is 4.74 Å². The molecule has 1 aromatic rings. The molecule has 1 N–H and O–H groups in total. The molecule has 0 saturated heterocycles. The molecule has 2 fully saturated rings. The largest absolute Gasteiger partial charge is 0.372 e. The van der Waals surface area contributed by atoms with Crippen molar-refractivity contribution in [2.45, 2.75) is 52.1 Å². The Morgan fingerprint density at radius 3 is 2.41 bits per heavy atom. The molecular formula is C21H31NO4S. The van der Waals surface area contributed by atoms with Crippen molar-refractivity contribution >= 4 is 15.8 Å². The number of fused-ring (bicyclic) bond motifs is 2. The van der Waals surface area contributed by atoms with Gasteiger partial charge in [-0.15, -0.1) is 0 Å². The average Bonchev–Trinajstić information content (AvgIpc) is 2.98. The normalized spacial score (nSPS) is 29.0. The van der Waals surface area contributed by atoms with Crippen LogP contribution in [-0.2, 0) is 25.2 Å². The Hall–Kier alpha value is -1.24. The first-order chi connectivity index (χ1) is 12.6. The van der Waals surface area contributed by atoms with E-state index in [9.17, 15) is 13.2 Å². The maximum Gasteiger partial charge on any atom is 0.212 e. The van der Waals surface area contributed by atoms with Crippen LogP contribution < -0.4 is 4.72 Å². The second-order valence-electron chi connectivity index (χ2n) is 8.66. The molecule has 0 unspecified atom stereocenters. The van der Waals surface area contributed by atoms with Gasteiger partial charge in [0.2, 0.25) is 10.0 Å². The van der Waals surface area contributed by atoms with Crippen LogP contribution in [0, 0.1) is 16.7 Å². The highest BCUT2D eigenvalue weighted by Crippen LogP contribution is 2.64. The fourth-order valence-corrected chi connectivity index (χ4v) is 7.10. The molecule has 2 bridgehead atoms. The highest BCUT2D eigenvalue weighted by molar-refractivity contribution is 7.89. The van der Waals surface area contributed by atoms with Gasteiger partial charge in [-0.1, -0.05) is 51.1 Å². The maximum atomic E-state index is 13.0. The fourth-order valence-electron chi connectivity index (χ4n) is 5.22. The zero-order chi connectivity index (χ0) is 19.9. The highest BCUT2D eigenvalue weighted by Gasteiger charge is 2.65. The van der Waals surface area contributed by atoms with Gasteiger partial charge in [-0.3, -0.25) is 4.79 Å². The van der Waals surface area contributed by atoms with E-state index < -0.39 is 21.0 Å². The van der Waals surface area contributed by atoms with E-state index in [0.29, 0.717) is 25.2 Å². The summed E-state index contributed by atoms with van der Waals surface area (Å²) in [6.45, 7) is 6.25. The standard InChI is InChI=1S/C21H31NO4S/c1-5-21(26-4,16-9-7-6-8-10-16)14-22-27(24,25)15-20-12-11-17(13-18(20)23)19(20,2)3/h6-10,17,22H,5,11-15H2,1-4H3/t17-,20+,21-/m1/s1. The van der Waals surface area contributed by atoms with Gasteiger partial charge in [0.05, 0.1) is 5.75 Å². The predicted octanol–water partition coefficient (Wildman–Crippen LogP) is 3.25. The Balaban J connectivity index is 1.80. The van der Waals surface area contributed by atoms with Crippen molar-refractivity contribution in [3.8, 4) is 0 Å². The second kappa shape index (κ2) is 6.98. The van der Waals surface area contributed by atoms with Gasteiger partial charge in [0, 0.05) is 25.5 Å². The summed E-state index contributed by atoms with van der Waals surface area (Å²) in [7, 11) is -2.02. The number of rotatable bonds is 8. The summed E-state index contributed by atoms with van der Waals surface area (Å²) < 4.78 is 34.5. The molecule has 0 spiro atoms. The summed E-state index contributed by atoms with van der Waals surface area (Å²) in [4.78, 5) is 12.7. The molecule has 3 rings (SSSR count). The molecule has 1 aromatic carbocycles. The number of Topliss-reactive ketones (excluding diaryl/α,β-unsaturated/α-hetero) is 1. The van der Waals surface area contributed by atoms with Gasteiger partial charge >= 0.3 is 0 Å². The molecule has 0 aromatic heterocycles. The summed E-state index contributed by atoms with van der Waals surface area (Å²) >= 11 is 0. The quantitative estimate of drug-likeness (QED) is 0.736. The van der Waals surface area contributed by atoms with E-state index in [1.54, 1.807) is 7.11 Å². The molecule has 5 nitrogen and oxygen atoms in total. The van der Waals surface area contributed by atoms with Crippen molar-refractivity contribution in [2.75, 3.05) is 19.4 Å². The molecular weight excluding hydrogens is 362 g/mol. The average molecular weight is 394 g/mol. The Labute approximate surface area is 162 Å². The first-order valence-electron chi connectivity index (χ1n) is 9.74. The molecule has 3 atom stereocenters. The van der Waals surface area contributed by atoms with E-state index >= 15 is 0 Å². The highest BCUT2D eigenvalue weighted by atomic mass is 32.2.